The van der Waals surface area contributed by atoms with Crippen molar-refractivity contribution in [1.82, 2.24) is 15.1 Å². The summed E-state index contributed by atoms with van der Waals surface area (Å²) in [5, 5.41) is 6.23. The molecule has 0 bridgehead atoms. The molecule has 0 saturated carbocycles. The summed E-state index contributed by atoms with van der Waals surface area (Å²) < 4.78 is 57.8. The van der Waals surface area contributed by atoms with Gasteiger partial charge in [-0.1, -0.05) is 25.4 Å². The van der Waals surface area contributed by atoms with Crippen LogP contribution in [0, 0.1) is 36.1 Å². The fourth-order valence-electron chi connectivity index (χ4n) is 2.60. The third-order valence-electron chi connectivity index (χ3n) is 3.85. The van der Waals surface area contributed by atoms with Crippen molar-refractivity contribution in [2.24, 2.45) is 13.0 Å². The third kappa shape index (κ3) is 3.70. The lowest BCUT2D eigenvalue weighted by Gasteiger charge is -2.14. The van der Waals surface area contributed by atoms with E-state index in [0.717, 1.165) is 0 Å². The van der Waals surface area contributed by atoms with Crippen molar-refractivity contribution >= 4 is 17.5 Å². The molecule has 1 N–H and O–H groups in total. The average Bonchev–Trinajstić information content (AvgIpc) is 2.81. The van der Waals surface area contributed by atoms with Crippen molar-refractivity contribution < 1.29 is 22.4 Å². The van der Waals surface area contributed by atoms with E-state index in [1.807, 2.05) is 0 Å². The Morgan fingerprint density at radius 2 is 1.62 bits per heavy atom. The molecule has 2 rings (SSSR count). The number of hydrogen-bond donors (Lipinski definition) is 1. The van der Waals surface area contributed by atoms with Crippen molar-refractivity contribution in [1.29, 1.82) is 0 Å². The van der Waals surface area contributed by atoms with Crippen LogP contribution in [0.1, 0.15) is 41.2 Å². The number of hydrogen-bond acceptors (Lipinski definition) is 2. The van der Waals surface area contributed by atoms with E-state index in [4.69, 9.17) is 11.6 Å². The first-order valence-corrected chi connectivity index (χ1v) is 8.25. The number of halogens is 5. The minimum Gasteiger partial charge on any atom is -0.346 e. The molecule has 4 nitrogen and oxygen atoms in total. The molecule has 0 saturated heterocycles. The van der Waals surface area contributed by atoms with Gasteiger partial charge in [-0.25, -0.2) is 17.6 Å². The molecule has 0 atom stereocenters. The van der Waals surface area contributed by atoms with E-state index in [1.54, 1.807) is 20.8 Å². The minimum absolute atomic E-state index is 0.0256. The van der Waals surface area contributed by atoms with E-state index in [2.05, 4.69) is 10.4 Å². The van der Waals surface area contributed by atoms with Crippen LogP contribution in [0.3, 0.4) is 0 Å². The van der Waals surface area contributed by atoms with Gasteiger partial charge in [0.2, 0.25) is 0 Å². The van der Waals surface area contributed by atoms with Crippen LogP contribution >= 0.6 is 11.6 Å². The maximum atomic E-state index is 14.2. The van der Waals surface area contributed by atoms with Crippen LogP contribution in [0.15, 0.2) is 0 Å². The normalized spacial score (nSPS) is 11.3. The fraction of sp³-hybridized carbons (Fsp3) is 0.412. The summed E-state index contributed by atoms with van der Waals surface area (Å²) in [6.07, 6.45) is -0.151. The second kappa shape index (κ2) is 7.65. The van der Waals surface area contributed by atoms with Gasteiger partial charge in [-0.05, 0) is 19.3 Å². The molecule has 9 heteroatoms. The Labute approximate surface area is 153 Å². The predicted octanol–water partition coefficient (Wildman–Crippen LogP) is 4.07. The number of carbonyl (C=O) groups excluding carboxylic acids is 1. The van der Waals surface area contributed by atoms with Crippen molar-refractivity contribution in [3.63, 3.8) is 0 Å². The summed E-state index contributed by atoms with van der Waals surface area (Å²) in [5.74, 6) is -6.91. The topological polar surface area (TPSA) is 46.9 Å². The zero-order valence-electron chi connectivity index (χ0n) is 14.7. The lowest BCUT2D eigenvalue weighted by Crippen LogP contribution is -2.27. The molecule has 0 aliphatic rings. The molecule has 1 aromatic carbocycles. The van der Waals surface area contributed by atoms with E-state index in [0.29, 0.717) is 5.69 Å². The lowest BCUT2D eigenvalue weighted by molar-refractivity contribution is 0.0940. The zero-order chi connectivity index (χ0) is 19.8. The van der Waals surface area contributed by atoms with Gasteiger partial charge < -0.3 is 5.32 Å². The first kappa shape index (κ1) is 20.2. The van der Waals surface area contributed by atoms with Crippen molar-refractivity contribution in [2.75, 3.05) is 0 Å². The quantitative estimate of drug-likeness (QED) is 0.617. The standard InChI is InChI=1S/C17H18ClF4N3O/c1-7(2)5-9-12(19)14(21)10(15(22)13(9)20)6-23-17(26)16-11(18)8(3)24-25(16)4/h7H,5-6H2,1-4H3,(H,23,26). The highest BCUT2D eigenvalue weighted by Gasteiger charge is 2.26. The molecule has 1 aromatic heterocycles. The Hall–Kier alpha value is -2.09. The number of nitrogens with one attached hydrogen (secondary N) is 1. The summed E-state index contributed by atoms with van der Waals surface area (Å²) in [6, 6.07) is 0. The number of aromatic nitrogens is 2. The molecule has 1 heterocycles. The molecule has 0 unspecified atom stereocenters. The molecule has 142 valence electrons. The van der Waals surface area contributed by atoms with Crippen LogP contribution in [-0.4, -0.2) is 15.7 Å². The van der Waals surface area contributed by atoms with Gasteiger partial charge in [-0.2, -0.15) is 5.10 Å². The van der Waals surface area contributed by atoms with Crippen LogP contribution in [0.4, 0.5) is 17.6 Å². The number of nitrogens with zero attached hydrogens (tertiary/aromatic N) is 2. The molecule has 26 heavy (non-hydrogen) atoms. The number of amides is 1. The zero-order valence-corrected chi connectivity index (χ0v) is 15.4. The average molecular weight is 392 g/mol. The minimum atomic E-state index is -1.52. The van der Waals surface area contributed by atoms with Gasteiger partial charge in [0.15, 0.2) is 23.3 Å². The van der Waals surface area contributed by atoms with Gasteiger partial charge in [-0.15, -0.1) is 0 Å². The molecular weight excluding hydrogens is 374 g/mol. The second-order valence-corrected chi connectivity index (χ2v) is 6.74. The molecule has 1 amide bonds. The molecule has 0 fully saturated rings. The van der Waals surface area contributed by atoms with Crippen molar-refractivity contribution in [3.8, 4) is 0 Å². The molecule has 0 radical (unpaired) electrons. The number of benzene rings is 1. The Bertz CT molecular complexity index is 835. The first-order chi connectivity index (χ1) is 12.1. The van der Waals surface area contributed by atoms with Gasteiger partial charge in [-0.3, -0.25) is 9.48 Å². The molecular formula is C17H18ClF4N3O. The predicted molar refractivity (Wildman–Crippen MR) is 88.9 cm³/mol. The van der Waals surface area contributed by atoms with Gasteiger partial charge in [0.05, 0.1) is 10.7 Å². The SMILES string of the molecule is Cc1nn(C)c(C(=O)NCc2c(F)c(F)c(CC(C)C)c(F)c2F)c1Cl. The largest absolute Gasteiger partial charge is 0.346 e. The van der Waals surface area contributed by atoms with E-state index in [-0.39, 0.29) is 23.1 Å². The maximum absolute atomic E-state index is 14.2. The van der Waals surface area contributed by atoms with Gasteiger partial charge >= 0.3 is 0 Å². The van der Waals surface area contributed by atoms with E-state index in [1.165, 1.54) is 11.7 Å². The lowest BCUT2D eigenvalue weighted by atomic mass is 9.99. The molecule has 0 aliphatic carbocycles. The number of aryl methyl sites for hydroxylation is 2. The molecule has 0 aliphatic heterocycles. The number of rotatable bonds is 5. The van der Waals surface area contributed by atoms with Crippen LogP contribution in [0.2, 0.25) is 5.02 Å². The van der Waals surface area contributed by atoms with Crippen molar-refractivity contribution in [3.05, 3.63) is 50.8 Å². The highest BCUT2D eigenvalue weighted by Crippen LogP contribution is 2.26. The molecule has 2 aromatic rings. The first-order valence-electron chi connectivity index (χ1n) is 7.87. The Morgan fingerprint density at radius 1 is 1.12 bits per heavy atom. The smallest absolute Gasteiger partial charge is 0.271 e. The third-order valence-corrected chi connectivity index (χ3v) is 4.30. The van der Waals surface area contributed by atoms with E-state index in [9.17, 15) is 22.4 Å². The van der Waals surface area contributed by atoms with Crippen molar-refractivity contribution in [2.45, 2.75) is 33.7 Å². The van der Waals surface area contributed by atoms with Crippen LogP contribution < -0.4 is 5.32 Å². The second-order valence-electron chi connectivity index (χ2n) is 6.37. The maximum Gasteiger partial charge on any atom is 0.271 e. The van der Waals surface area contributed by atoms with E-state index < -0.39 is 46.8 Å². The highest BCUT2D eigenvalue weighted by molar-refractivity contribution is 6.34. The van der Waals surface area contributed by atoms with Gasteiger partial charge in [0.25, 0.3) is 5.91 Å². The summed E-state index contributed by atoms with van der Waals surface area (Å²) >= 11 is 5.96. The summed E-state index contributed by atoms with van der Waals surface area (Å²) in [6.45, 7) is 4.18. The van der Waals surface area contributed by atoms with Crippen LogP contribution in [0.25, 0.3) is 0 Å². The van der Waals surface area contributed by atoms with Crippen LogP contribution in [-0.2, 0) is 20.0 Å². The summed E-state index contributed by atoms with van der Waals surface area (Å²) in [4.78, 5) is 12.2. The summed E-state index contributed by atoms with van der Waals surface area (Å²) in [7, 11) is 1.47. The Balaban J connectivity index is 2.31. The van der Waals surface area contributed by atoms with Crippen LogP contribution in [0.5, 0.6) is 0 Å². The number of carbonyl (C=O) groups is 1. The molecule has 0 spiro atoms. The van der Waals surface area contributed by atoms with Gasteiger partial charge in [0, 0.05) is 24.7 Å². The Morgan fingerprint density at radius 3 is 2.04 bits per heavy atom. The Kier molecular flexibility index (Phi) is 5.95. The fourth-order valence-corrected chi connectivity index (χ4v) is 2.84. The highest BCUT2D eigenvalue weighted by atomic mass is 35.5. The summed E-state index contributed by atoms with van der Waals surface area (Å²) in [5.41, 5.74) is -1.17. The monoisotopic (exact) mass is 391 g/mol. The van der Waals surface area contributed by atoms with Gasteiger partial charge in [0.1, 0.15) is 5.69 Å². The van der Waals surface area contributed by atoms with E-state index >= 15 is 0 Å².